The highest BCUT2D eigenvalue weighted by Gasteiger charge is 2.30. The summed E-state index contributed by atoms with van der Waals surface area (Å²) in [5.41, 5.74) is 7.58. The van der Waals surface area contributed by atoms with Crippen LogP contribution in [0.2, 0.25) is 0 Å². The molecule has 0 aliphatic heterocycles. The summed E-state index contributed by atoms with van der Waals surface area (Å²) in [4.78, 5) is 4.66. The van der Waals surface area contributed by atoms with Crippen molar-refractivity contribution >= 4 is 21.7 Å². The molecule has 0 atom stereocenters. The van der Waals surface area contributed by atoms with Crippen LogP contribution in [-0.2, 0) is 6.54 Å². The van der Waals surface area contributed by atoms with Crippen molar-refractivity contribution in [2.45, 2.75) is 32.2 Å². The number of imidazole rings is 1. The Balaban J connectivity index is 2.17. The minimum absolute atomic E-state index is 0.281. The van der Waals surface area contributed by atoms with Gasteiger partial charge >= 0.3 is 0 Å². The van der Waals surface area contributed by atoms with E-state index in [2.05, 4.69) is 20.9 Å². The summed E-state index contributed by atoms with van der Waals surface area (Å²) in [6.45, 7) is 2.84. The third-order valence-electron chi connectivity index (χ3n) is 3.48. The Hall–Kier alpha value is -1.36. The van der Waals surface area contributed by atoms with Crippen LogP contribution in [0, 0.1) is 5.82 Å². The van der Waals surface area contributed by atoms with Crippen LogP contribution in [0.1, 0.15) is 31.5 Å². The fourth-order valence-corrected chi connectivity index (χ4v) is 2.78. The number of benzene rings is 1. The number of halogens is 2. The zero-order valence-corrected chi connectivity index (χ0v) is 12.2. The molecule has 1 aliphatic carbocycles. The number of nitrogens with two attached hydrogens (primary N) is 1. The van der Waals surface area contributed by atoms with Crippen LogP contribution in [0.5, 0.6) is 0 Å². The Morgan fingerprint density at radius 1 is 1.47 bits per heavy atom. The minimum atomic E-state index is -0.281. The number of rotatable bonds is 3. The third-order valence-corrected chi connectivity index (χ3v) is 4.17. The molecule has 0 amide bonds. The Labute approximate surface area is 119 Å². The average molecular weight is 324 g/mol. The minimum Gasteiger partial charge on any atom is -0.383 e. The van der Waals surface area contributed by atoms with E-state index in [1.165, 1.54) is 25.0 Å². The maximum Gasteiger partial charge on any atom is 0.131 e. The van der Waals surface area contributed by atoms with Crippen LogP contribution < -0.4 is 5.73 Å². The maximum absolute atomic E-state index is 13.4. The fraction of sp³-hybridized carbons (Fsp3) is 0.357. The van der Waals surface area contributed by atoms with Crippen molar-refractivity contribution in [3.63, 3.8) is 0 Å². The molecule has 0 radical (unpaired) electrons. The smallest absolute Gasteiger partial charge is 0.131 e. The summed E-state index contributed by atoms with van der Waals surface area (Å²) in [6.07, 6.45) is 2.33. The molecule has 1 aliphatic rings. The van der Waals surface area contributed by atoms with Gasteiger partial charge in [0.25, 0.3) is 0 Å². The van der Waals surface area contributed by atoms with Gasteiger partial charge in [0.2, 0.25) is 0 Å². The molecular weight excluding hydrogens is 309 g/mol. The van der Waals surface area contributed by atoms with Gasteiger partial charge in [-0.15, -0.1) is 0 Å². The largest absolute Gasteiger partial charge is 0.383 e. The average Bonchev–Trinajstić information content (AvgIpc) is 3.17. The van der Waals surface area contributed by atoms with Gasteiger partial charge in [-0.25, -0.2) is 9.37 Å². The van der Waals surface area contributed by atoms with Crippen molar-refractivity contribution in [2.75, 3.05) is 5.73 Å². The van der Waals surface area contributed by atoms with E-state index in [1.54, 1.807) is 6.07 Å². The van der Waals surface area contributed by atoms with Crippen LogP contribution in [0.15, 0.2) is 22.7 Å². The highest BCUT2D eigenvalue weighted by Crippen LogP contribution is 2.43. The highest BCUT2D eigenvalue weighted by molar-refractivity contribution is 9.10. The van der Waals surface area contributed by atoms with Crippen molar-refractivity contribution < 1.29 is 4.39 Å². The maximum atomic E-state index is 13.4. The Morgan fingerprint density at radius 2 is 2.21 bits per heavy atom. The van der Waals surface area contributed by atoms with Crippen molar-refractivity contribution in [2.24, 2.45) is 0 Å². The van der Waals surface area contributed by atoms with E-state index in [-0.39, 0.29) is 5.82 Å². The van der Waals surface area contributed by atoms with Crippen molar-refractivity contribution in [1.82, 2.24) is 9.55 Å². The van der Waals surface area contributed by atoms with Gasteiger partial charge in [0.1, 0.15) is 23.2 Å². The van der Waals surface area contributed by atoms with E-state index in [1.807, 2.05) is 11.5 Å². The van der Waals surface area contributed by atoms with Crippen LogP contribution >= 0.6 is 15.9 Å². The van der Waals surface area contributed by atoms with Gasteiger partial charge in [0, 0.05) is 22.5 Å². The molecule has 3 nitrogen and oxygen atoms in total. The number of hydrogen-bond donors (Lipinski definition) is 1. The number of aromatic nitrogens is 2. The normalized spacial score (nSPS) is 14.9. The van der Waals surface area contributed by atoms with Crippen molar-refractivity contribution in [3.05, 3.63) is 34.3 Å². The van der Waals surface area contributed by atoms with Gasteiger partial charge in [0.15, 0.2) is 0 Å². The predicted octanol–water partition coefficient (Wildman–Crippen LogP) is 3.93. The second kappa shape index (κ2) is 4.63. The van der Waals surface area contributed by atoms with E-state index < -0.39 is 0 Å². The second-order valence-corrected chi connectivity index (χ2v) is 5.70. The van der Waals surface area contributed by atoms with Crippen molar-refractivity contribution in [3.8, 4) is 11.3 Å². The first-order valence-corrected chi connectivity index (χ1v) is 7.22. The summed E-state index contributed by atoms with van der Waals surface area (Å²) >= 11 is 3.44. The summed E-state index contributed by atoms with van der Waals surface area (Å²) in [6, 6.07) is 4.58. The molecule has 1 aromatic heterocycles. The molecule has 1 aromatic carbocycles. The summed E-state index contributed by atoms with van der Waals surface area (Å²) in [7, 11) is 0. The van der Waals surface area contributed by atoms with E-state index in [4.69, 9.17) is 5.73 Å². The molecule has 2 N–H and O–H groups in total. The SMILES string of the molecule is CCn1c(C2CC2)nc(-c2cc(F)ccc2Br)c1N. The lowest BCUT2D eigenvalue weighted by molar-refractivity contribution is 0.628. The lowest BCUT2D eigenvalue weighted by Crippen LogP contribution is -2.04. The van der Waals surface area contributed by atoms with Crippen molar-refractivity contribution in [1.29, 1.82) is 0 Å². The lowest BCUT2D eigenvalue weighted by Gasteiger charge is -2.06. The second-order valence-electron chi connectivity index (χ2n) is 4.85. The Bertz CT molecular complexity index is 632. The van der Waals surface area contributed by atoms with Crippen LogP contribution in [0.4, 0.5) is 10.2 Å². The molecule has 0 spiro atoms. The van der Waals surface area contributed by atoms with E-state index in [0.29, 0.717) is 23.0 Å². The zero-order chi connectivity index (χ0) is 13.6. The van der Waals surface area contributed by atoms with Gasteiger partial charge in [-0.05, 0) is 38.0 Å². The Kier molecular flexibility index (Phi) is 3.09. The molecule has 2 aromatic rings. The molecule has 1 fully saturated rings. The standard InChI is InChI=1S/C14H15BrFN3/c1-2-19-13(17)12(18-14(19)8-3-4-8)10-7-9(16)5-6-11(10)15/h5-8H,2-4,17H2,1H3. The van der Waals surface area contributed by atoms with E-state index >= 15 is 0 Å². The zero-order valence-electron chi connectivity index (χ0n) is 10.7. The first-order chi connectivity index (χ1) is 9.11. The van der Waals surface area contributed by atoms with Gasteiger partial charge in [-0.3, -0.25) is 0 Å². The third kappa shape index (κ3) is 2.16. The molecule has 3 rings (SSSR count). The molecular formula is C14H15BrFN3. The topological polar surface area (TPSA) is 43.8 Å². The summed E-state index contributed by atoms with van der Waals surface area (Å²) in [5, 5.41) is 0. The first kappa shape index (κ1) is 12.7. The first-order valence-electron chi connectivity index (χ1n) is 6.43. The van der Waals surface area contributed by atoms with Gasteiger partial charge in [-0.2, -0.15) is 0 Å². The summed E-state index contributed by atoms with van der Waals surface area (Å²) in [5.74, 6) is 1.89. The molecule has 19 heavy (non-hydrogen) atoms. The van der Waals surface area contributed by atoms with Crippen LogP contribution in [0.3, 0.4) is 0 Å². The molecule has 5 heteroatoms. The number of nitrogen functional groups attached to an aromatic ring is 1. The molecule has 0 saturated heterocycles. The molecule has 100 valence electrons. The molecule has 1 heterocycles. The van der Waals surface area contributed by atoms with Gasteiger partial charge < -0.3 is 10.3 Å². The molecule has 0 unspecified atom stereocenters. The Morgan fingerprint density at radius 3 is 2.84 bits per heavy atom. The van der Waals surface area contributed by atoms with Gasteiger partial charge in [0.05, 0.1) is 0 Å². The van der Waals surface area contributed by atoms with E-state index in [0.717, 1.165) is 16.8 Å². The van der Waals surface area contributed by atoms with Gasteiger partial charge in [-0.1, -0.05) is 15.9 Å². The summed E-state index contributed by atoms with van der Waals surface area (Å²) < 4.78 is 16.3. The number of hydrogen-bond acceptors (Lipinski definition) is 2. The van der Waals surface area contributed by atoms with Crippen LogP contribution in [-0.4, -0.2) is 9.55 Å². The number of nitrogens with zero attached hydrogens (tertiary/aromatic N) is 2. The quantitative estimate of drug-likeness (QED) is 0.930. The van der Waals surface area contributed by atoms with Crippen LogP contribution in [0.25, 0.3) is 11.3 Å². The lowest BCUT2D eigenvalue weighted by atomic mass is 10.1. The monoisotopic (exact) mass is 323 g/mol. The number of anilines is 1. The highest BCUT2D eigenvalue weighted by atomic mass is 79.9. The fourth-order valence-electron chi connectivity index (χ4n) is 2.35. The predicted molar refractivity (Wildman–Crippen MR) is 77.4 cm³/mol. The molecule has 0 bridgehead atoms. The van der Waals surface area contributed by atoms with E-state index in [9.17, 15) is 4.39 Å². The molecule has 1 saturated carbocycles.